The highest BCUT2D eigenvalue weighted by Crippen LogP contribution is 2.46. The molecule has 2 heterocycles. The highest BCUT2D eigenvalue weighted by Gasteiger charge is 2.31. The number of pyridine rings is 1. The molecule has 0 spiro atoms. The number of benzene rings is 1. The van der Waals surface area contributed by atoms with Gasteiger partial charge < -0.3 is 18.8 Å². The molecule has 29 heavy (non-hydrogen) atoms. The molecule has 1 aliphatic rings. The summed E-state index contributed by atoms with van der Waals surface area (Å²) in [6.45, 7) is 7.02. The van der Waals surface area contributed by atoms with Crippen LogP contribution >= 0.6 is 11.6 Å². The van der Waals surface area contributed by atoms with Gasteiger partial charge in [-0.1, -0.05) is 25.4 Å². The Morgan fingerprint density at radius 1 is 1.21 bits per heavy atom. The highest BCUT2D eigenvalue weighted by atomic mass is 35.5. The summed E-state index contributed by atoms with van der Waals surface area (Å²) < 4.78 is 17.8. The second kappa shape index (κ2) is 9.01. The number of rotatable bonds is 7. The number of methoxy groups -OCH3 is 1. The molecule has 0 radical (unpaired) electrons. The van der Waals surface area contributed by atoms with E-state index in [-0.39, 0.29) is 29.6 Å². The van der Waals surface area contributed by atoms with Gasteiger partial charge in [0.05, 0.1) is 23.9 Å². The number of hydrogen-bond acceptors (Lipinski definition) is 5. The Kier molecular flexibility index (Phi) is 6.65. The lowest BCUT2D eigenvalue weighted by Gasteiger charge is -2.36. The van der Waals surface area contributed by atoms with Crippen molar-refractivity contribution in [3.05, 3.63) is 50.8 Å². The summed E-state index contributed by atoms with van der Waals surface area (Å²) in [5, 5.41) is 0.468. The molecule has 0 fully saturated rings. The number of carbonyl (C=O) groups is 1. The van der Waals surface area contributed by atoms with Gasteiger partial charge in [-0.15, -0.1) is 0 Å². The van der Waals surface area contributed by atoms with E-state index in [1.807, 2.05) is 16.7 Å². The normalized spacial score (nSPS) is 17.4. The maximum atomic E-state index is 12.6. The van der Waals surface area contributed by atoms with Gasteiger partial charge in [0.1, 0.15) is 17.9 Å². The van der Waals surface area contributed by atoms with E-state index >= 15 is 0 Å². The van der Waals surface area contributed by atoms with Gasteiger partial charge in [0, 0.05) is 36.9 Å². The molecule has 0 bridgehead atoms. The molecule has 156 valence electrons. The largest absolute Gasteiger partial charge is 0.490 e. The molecule has 1 aromatic carbocycles. The van der Waals surface area contributed by atoms with Crippen molar-refractivity contribution < 1.29 is 19.0 Å². The molecule has 0 N–H and O–H groups in total. The van der Waals surface area contributed by atoms with Gasteiger partial charge in [0.15, 0.2) is 5.43 Å². The van der Waals surface area contributed by atoms with E-state index < -0.39 is 5.97 Å². The Bertz CT molecular complexity index is 968. The molecule has 0 amide bonds. The maximum absolute atomic E-state index is 12.6. The van der Waals surface area contributed by atoms with Gasteiger partial charge in [-0.2, -0.15) is 0 Å². The van der Waals surface area contributed by atoms with Gasteiger partial charge in [-0.05, 0) is 31.0 Å². The second-order valence-electron chi connectivity index (χ2n) is 7.04. The number of carbonyl (C=O) groups excluding carboxylic acids is 1. The zero-order valence-electron chi connectivity index (χ0n) is 17.2. The van der Waals surface area contributed by atoms with E-state index in [0.29, 0.717) is 24.0 Å². The van der Waals surface area contributed by atoms with E-state index in [1.54, 1.807) is 20.2 Å². The Hall–Kier alpha value is -2.31. The van der Waals surface area contributed by atoms with Crippen molar-refractivity contribution in [1.29, 1.82) is 0 Å². The third kappa shape index (κ3) is 4.05. The van der Waals surface area contributed by atoms with Crippen molar-refractivity contribution in [1.82, 2.24) is 4.57 Å². The summed E-state index contributed by atoms with van der Waals surface area (Å²) in [6, 6.07) is 5.37. The molecule has 2 unspecified atom stereocenters. The fourth-order valence-electron chi connectivity index (χ4n) is 3.91. The van der Waals surface area contributed by atoms with Crippen molar-refractivity contribution in [2.24, 2.45) is 0 Å². The predicted molar refractivity (Wildman–Crippen MR) is 112 cm³/mol. The van der Waals surface area contributed by atoms with Crippen molar-refractivity contribution in [3.63, 3.8) is 0 Å². The molecular weight excluding hydrogens is 394 g/mol. The molecule has 0 saturated carbocycles. The van der Waals surface area contributed by atoms with Crippen LogP contribution in [-0.2, 0) is 9.47 Å². The molecular formula is C22H26ClNO5. The van der Waals surface area contributed by atoms with E-state index in [1.165, 1.54) is 6.07 Å². The van der Waals surface area contributed by atoms with E-state index in [4.69, 9.17) is 25.8 Å². The number of esters is 1. The molecule has 3 rings (SSSR count). The molecule has 0 aliphatic carbocycles. The van der Waals surface area contributed by atoms with Crippen molar-refractivity contribution in [2.75, 3.05) is 26.9 Å². The van der Waals surface area contributed by atoms with Crippen LogP contribution in [0.1, 0.15) is 55.1 Å². The van der Waals surface area contributed by atoms with Crippen LogP contribution in [0.3, 0.4) is 0 Å². The van der Waals surface area contributed by atoms with Crippen molar-refractivity contribution in [3.8, 4) is 17.0 Å². The van der Waals surface area contributed by atoms with Crippen molar-refractivity contribution in [2.45, 2.75) is 39.2 Å². The zero-order chi connectivity index (χ0) is 21.1. The minimum absolute atomic E-state index is 0.0512. The van der Waals surface area contributed by atoms with Crippen LogP contribution in [0.15, 0.2) is 29.2 Å². The monoisotopic (exact) mass is 419 g/mol. The Balaban J connectivity index is 2.14. The van der Waals surface area contributed by atoms with E-state index in [2.05, 4.69) is 13.8 Å². The Morgan fingerprint density at radius 3 is 2.62 bits per heavy atom. The highest BCUT2D eigenvalue weighted by molar-refractivity contribution is 6.32. The zero-order valence-corrected chi connectivity index (χ0v) is 17.9. The third-order valence-electron chi connectivity index (χ3n) is 5.34. The van der Waals surface area contributed by atoms with Gasteiger partial charge in [0.25, 0.3) is 0 Å². The number of nitrogens with zero attached hydrogens (tertiary/aromatic N) is 1. The van der Waals surface area contributed by atoms with Crippen LogP contribution in [0, 0.1) is 0 Å². The number of halogens is 1. The first-order valence-corrected chi connectivity index (χ1v) is 10.2. The molecule has 1 aromatic heterocycles. The smallest absolute Gasteiger partial charge is 0.343 e. The number of fused-ring (bicyclic) bond motifs is 3. The van der Waals surface area contributed by atoms with Crippen LogP contribution in [0.4, 0.5) is 0 Å². The summed E-state index contributed by atoms with van der Waals surface area (Å²) in [4.78, 5) is 24.8. The van der Waals surface area contributed by atoms with Crippen LogP contribution < -0.4 is 10.2 Å². The topological polar surface area (TPSA) is 66.8 Å². The van der Waals surface area contributed by atoms with Gasteiger partial charge in [-0.3, -0.25) is 4.79 Å². The lowest BCUT2D eigenvalue weighted by molar-refractivity contribution is 0.0523. The van der Waals surface area contributed by atoms with Gasteiger partial charge >= 0.3 is 5.97 Å². The van der Waals surface area contributed by atoms with Gasteiger partial charge in [-0.25, -0.2) is 4.79 Å². The third-order valence-corrected chi connectivity index (χ3v) is 5.64. The summed E-state index contributed by atoms with van der Waals surface area (Å²) in [5.74, 6) is 0.145. The quantitative estimate of drug-likeness (QED) is 0.490. The minimum atomic E-state index is -0.596. The van der Waals surface area contributed by atoms with Crippen LogP contribution in [0.2, 0.25) is 5.02 Å². The summed E-state index contributed by atoms with van der Waals surface area (Å²) in [5.41, 5.74) is 2.38. The molecule has 2 aromatic rings. The first-order valence-electron chi connectivity index (χ1n) is 9.81. The lowest BCUT2D eigenvalue weighted by Crippen LogP contribution is -2.28. The fourth-order valence-corrected chi connectivity index (χ4v) is 4.13. The predicted octanol–water partition coefficient (Wildman–Crippen LogP) is 4.44. The number of aromatic nitrogens is 1. The van der Waals surface area contributed by atoms with Crippen LogP contribution in [-0.4, -0.2) is 37.5 Å². The molecule has 6 nitrogen and oxygen atoms in total. The fraction of sp³-hybridized carbons (Fsp3) is 0.455. The summed E-state index contributed by atoms with van der Waals surface area (Å²) in [7, 11) is 1.62. The average molecular weight is 420 g/mol. The Morgan fingerprint density at radius 2 is 1.97 bits per heavy atom. The number of hydrogen-bond donors (Lipinski definition) is 0. The molecule has 2 atom stereocenters. The van der Waals surface area contributed by atoms with E-state index in [9.17, 15) is 9.59 Å². The average Bonchev–Trinajstić information content (AvgIpc) is 2.69. The van der Waals surface area contributed by atoms with Crippen molar-refractivity contribution >= 4 is 17.6 Å². The minimum Gasteiger partial charge on any atom is -0.490 e. The SMILES string of the molecule is CCOC(=O)c1cn2c(cc1=O)-c1cc(Cl)c(OCCOC)cc1C(C)C2CC. The Labute approximate surface area is 175 Å². The van der Waals surface area contributed by atoms with Crippen LogP contribution in [0.5, 0.6) is 5.75 Å². The second-order valence-corrected chi connectivity index (χ2v) is 7.45. The molecule has 1 aliphatic heterocycles. The standard InChI is InChI=1S/C22H26ClNO5/c1-5-18-13(3)14-10-21(29-8-7-27-4)17(23)9-15(14)19-11-20(25)16(12-24(18)19)22(26)28-6-2/h9-13,18H,5-8H2,1-4H3. The first kappa shape index (κ1) is 21.4. The maximum Gasteiger partial charge on any atom is 0.343 e. The molecule has 7 heteroatoms. The van der Waals surface area contributed by atoms with E-state index in [0.717, 1.165) is 23.2 Å². The van der Waals surface area contributed by atoms with Gasteiger partial charge in [0.2, 0.25) is 0 Å². The molecule has 0 saturated heterocycles. The van der Waals surface area contributed by atoms with Crippen LogP contribution in [0.25, 0.3) is 11.3 Å². The summed E-state index contributed by atoms with van der Waals surface area (Å²) >= 11 is 6.46. The number of ether oxygens (including phenoxy) is 3. The first-order chi connectivity index (χ1) is 13.9. The summed E-state index contributed by atoms with van der Waals surface area (Å²) in [6.07, 6.45) is 2.46. The lowest BCUT2D eigenvalue weighted by atomic mass is 9.83.